The predicted octanol–water partition coefficient (Wildman–Crippen LogP) is 4.15. The highest BCUT2D eigenvalue weighted by Gasteiger charge is 2.09. The van der Waals surface area contributed by atoms with Crippen LogP contribution in [-0.4, -0.2) is 16.5 Å². The van der Waals surface area contributed by atoms with Gasteiger partial charge in [-0.15, -0.1) is 11.8 Å². The molecule has 2 rings (SSSR count). The lowest BCUT2D eigenvalue weighted by atomic mass is 10.2. The summed E-state index contributed by atoms with van der Waals surface area (Å²) in [5.74, 6) is 1.93. The molecule has 0 aliphatic carbocycles. The second-order valence-corrected chi connectivity index (χ2v) is 5.52. The number of aromatic nitrogens is 2. The highest BCUT2D eigenvalue weighted by Crippen LogP contribution is 2.28. The quantitative estimate of drug-likeness (QED) is 0.613. The van der Waals surface area contributed by atoms with Crippen molar-refractivity contribution in [2.24, 2.45) is 0 Å². The van der Waals surface area contributed by atoms with Crippen molar-refractivity contribution in [1.29, 1.82) is 0 Å². The van der Waals surface area contributed by atoms with Crippen LogP contribution < -0.4 is 5.32 Å². The molecule has 0 aliphatic heterocycles. The summed E-state index contributed by atoms with van der Waals surface area (Å²) in [4.78, 5) is 8.81. The molecule has 0 spiro atoms. The maximum atomic E-state index is 4.45. The molecule has 0 bridgehead atoms. The predicted molar refractivity (Wildman–Crippen MR) is 86.2 cm³/mol. The van der Waals surface area contributed by atoms with Gasteiger partial charge in [-0.05, 0) is 18.4 Å². The van der Waals surface area contributed by atoms with E-state index in [9.17, 15) is 0 Å². The number of rotatable bonds is 7. The first-order chi connectivity index (χ1) is 9.85. The number of nitrogens with one attached hydrogen (secondary N) is 1. The fourth-order valence-corrected chi connectivity index (χ4v) is 2.99. The number of anilines is 1. The topological polar surface area (TPSA) is 37.8 Å². The summed E-state index contributed by atoms with van der Waals surface area (Å²) in [5.41, 5.74) is 2.54. The Morgan fingerprint density at radius 2 is 1.90 bits per heavy atom. The zero-order chi connectivity index (χ0) is 14.2. The van der Waals surface area contributed by atoms with Gasteiger partial charge in [0.05, 0.1) is 0 Å². The normalized spacial score (nSPS) is 10.5. The van der Waals surface area contributed by atoms with Crippen LogP contribution in [0.25, 0.3) is 0 Å². The molecule has 20 heavy (non-hydrogen) atoms. The Balaban J connectivity index is 2.10. The maximum absolute atomic E-state index is 4.45. The summed E-state index contributed by atoms with van der Waals surface area (Å²) in [5, 5.41) is 4.48. The number of nitrogens with zero attached hydrogens (tertiary/aromatic N) is 2. The summed E-state index contributed by atoms with van der Waals surface area (Å²) in [6.45, 7) is 5.26. The monoisotopic (exact) mass is 287 g/mol. The number of benzene rings is 1. The lowest BCUT2D eigenvalue weighted by molar-refractivity contribution is 0.911. The van der Waals surface area contributed by atoms with Crippen LogP contribution in [0.2, 0.25) is 0 Å². The SMILES string of the molecule is CCCNc1ncnc(SCc2ccccc2)c1CC. The summed E-state index contributed by atoms with van der Waals surface area (Å²) in [6.07, 6.45) is 3.70. The number of hydrogen-bond donors (Lipinski definition) is 1. The van der Waals surface area contributed by atoms with Gasteiger partial charge in [-0.25, -0.2) is 9.97 Å². The highest BCUT2D eigenvalue weighted by atomic mass is 32.2. The molecule has 106 valence electrons. The Morgan fingerprint density at radius 3 is 2.60 bits per heavy atom. The van der Waals surface area contributed by atoms with E-state index in [0.717, 1.165) is 36.0 Å². The highest BCUT2D eigenvalue weighted by molar-refractivity contribution is 7.98. The zero-order valence-electron chi connectivity index (χ0n) is 12.1. The molecule has 0 fully saturated rings. The molecule has 0 aliphatic rings. The average Bonchev–Trinajstić information content (AvgIpc) is 2.51. The van der Waals surface area contributed by atoms with Gasteiger partial charge in [-0.2, -0.15) is 0 Å². The molecule has 0 amide bonds. The first-order valence-corrected chi connectivity index (χ1v) is 8.08. The summed E-state index contributed by atoms with van der Waals surface area (Å²) in [6, 6.07) is 10.5. The van der Waals surface area contributed by atoms with Crippen molar-refractivity contribution in [2.75, 3.05) is 11.9 Å². The third-order valence-electron chi connectivity index (χ3n) is 3.02. The molecule has 3 nitrogen and oxygen atoms in total. The second-order valence-electron chi connectivity index (χ2n) is 4.56. The lowest BCUT2D eigenvalue weighted by Gasteiger charge is -2.12. The first kappa shape index (κ1) is 14.9. The third-order valence-corrected chi connectivity index (χ3v) is 4.12. The van der Waals surface area contributed by atoms with Gasteiger partial charge < -0.3 is 5.32 Å². The maximum Gasteiger partial charge on any atom is 0.133 e. The summed E-state index contributed by atoms with van der Waals surface area (Å²) in [7, 11) is 0. The van der Waals surface area contributed by atoms with Crippen LogP contribution in [0.15, 0.2) is 41.7 Å². The molecule has 0 saturated heterocycles. The van der Waals surface area contributed by atoms with Gasteiger partial charge >= 0.3 is 0 Å². The van der Waals surface area contributed by atoms with E-state index < -0.39 is 0 Å². The van der Waals surface area contributed by atoms with Crippen LogP contribution in [0.3, 0.4) is 0 Å². The summed E-state index contributed by atoms with van der Waals surface area (Å²) < 4.78 is 0. The Kier molecular flexibility index (Phi) is 5.87. The minimum atomic E-state index is 0.943. The van der Waals surface area contributed by atoms with Crippen LogP contribution in [0.1, 0.15) is 31.4 Å². The van der Waals surface area contributed by atoms with Crippen LogP contribution in [0, 0.1) is 0 Å². The van der Waals surface area contributed by atoms with Crippen molar-refractivity contribution >= 4 is 17.6 Å². The smallest absolute Gasteiger partial charge is 0.133 e. The molecular formula is C16H21N3S. The standard InChI is InChI=1S/C16H21N3S/c1-3-10-17-15-14(4-2)16(19-12-18-15)20-11-13-8-6-5-7-9-13/h5-9,12H,3-4,10-11H2,1-2H3,(H,17,18,19). The van der Waals surface area contributed by atoms with E-state index in [4.69, 9.17) is 0 Å². The lowest BCUT2D eigenvalue weighted by Crippen LogP contribution is -2.07. The van der Waals surface area contributed by atoms with Crippen LogP contribution in [0.4, 0.5) is 5.82 Å². The van der Waals surface area contributed by atoms with Gasteiger partial charge in [-0.3, -0.25) is 0 Å². The van der Waals surface area contributed by atoms with Gasteiger partial charge in [0, 0.05) is 17.9 Å². The molecule has 1 aromatic heterocycles. The van der Waals surface area contributed by atoms with Gasteiger partial charge in [-0.1, -0.05) is 44.2 Å². The molecule has 0 atom stereocenters. The minimum absolute atomic E-state index is 0.943. The van der Waals surface area contributed by atoms with Gasteiger partial charge in [0.15, 0.2) is 0 Å². The third kappa shape index (κ3) is 3.97. The Hall–Kier alpha value is -1.55. The molecule has 2 aromatic rings. The largest absolute Gasteiger partial charge is 0.370 e. The van der Waals surface area contributed by atoms with Crippen molar-refractivity contribution in [1.82, 2.24) is 9.97 Å². The van der Waals surface area contributed by atoms with Crippen LogP contribution in [-0.2, 0) is 12.2 Å². The average molecular weight is 287 g/mol. The second kappa shape index (κ2) is 7.90. The fraction of sp³-hybridized carbons (Fsp3) is 0.375. The van der Waals surface area contributed by atoms with E-state index in [-0.39, 0.29) is 0 Å². The number of hydrogen-bond acceptors (Lipinski definition) is 4. The Labute approximate surface area is 125 Å². The van der Waals surface area contributed by atoms with E-state index in [1.54, 1.807) is 18.1 Å². The van der Waals surface area contributed by atoms with Crippen molar-refractivity contribution in [3.8, 4) is 0 Å². The Morgan fingerprint density at radius 1 is 1.10 bits per heavy atom. The molecular weight excluding hydrogens is 266 g/mol. The van der Waals surface area contributed by atoms with Crippen molar-refractivity contribution in [2.45, 2.75) is 37.5 Å². The van der Waals surface area contributed by atoms with E-state index in [0.29, 0.717) is 0 Å². The fourth-order valence-electron chi connectivity index (χ4n) is 1.96. The van der Waals surface area contributed by atoms with Crippen LogP contribution in [0.5, 0.6) is 0 Å². The molecule has 0 saturated carbocycles. The molecule has 0 radical (unpaired) electrons. The molecule has 1 heterocycles. The van der Waals surface area contributed by atoms with Gasteiger partial charge in [0.2, 0.25) is 0 Å². The van der Waals surface area contributed by atoms with Gasteiger partial charge in [0.1, 0.15) is 17.2 Å². The first-order valence-electron chi connectivity index (χ1n) is 7.09. The van der Waals surface area contributed by atoms with Crippen LogP contribution >= 0.6 is 11.8 Å². The molecule has 0 unspecified atom stereocenters. The van der Waals surface area contributed by atoms with E-state index >= 15 is 0 Å². The van der Waals surface area contributed by atoms with Crippen molar-refractivity contribution < 1.29 is 0 Å². The molecule has 1 N–H and O–H groups in total. The number of thioether (sulfide) groups is 1. The zero-order valence-corrected chi connectivity index (χ0v) is 12.9. The van der Waals surface area contributed by atoms with E-state index in [1.165, 1.54) is 11.1 Å². The molecule has 1 aromatic carbocycles. The minimum Gasteiger partial charge on any atom is -0.370 e. The molecule has 4 heteroatoms. The van der Waals surface area contributed by atoms with Crippen molar-refractivity contribution in [3.05, 3.63) is 47.8 Å². The summed E-state index contributed by atoms with van der Waals surface area (Å²) >= 11 is 1.78. The van der Waals surface area contributed by atoms with Crippen molar-refractivity contribution in [3.63, 3.8) is 0 Å². The van der Waals surface area contributed by atoms with Gasteiger partial charge in [0.25, 0.3) is 0 Å². The van der Waals surface area contributed by atoms with E-state index in [1.807, 2.05) is 6.07 Å². The van der Waals surface area contributed by atoms with E-state index in [2.05, 4.69) is 53.4 Å². The Bertz CT molecular complexity index is 529.